The Morgan fingerprint density at radius 1 is 1.21 bits per heavy atom. The fraction of sp³-hybridized carbons (Fsp3) is 0.450. The van der Waals surface area contributed by atoms with Gasteiger partial charge in [0.05, 0.1) is 17.4 Å². The monoisotopic (exact) mass is 388 g/mol. The molecule has 7 nitrogen and oxygen atoms in total. The second-order valence-corrected chi connectivity index (χ2v) is 7.57. The van der Waals surface area contributed by atoms with Crippen LogP contribution in [0, 0.1) is 25.6 Å². The third-order valence-corrected chi connectivity index (χ3v) is 4.53. The van der Waals surface area contributed by atoms with Crippen molar-refractivity contribution in [3.8, 4) is 0 Å². The number of pyridine rings is 2. The van der Waals surface area contributed by atoms with Crippen molar-refractivity contribution >= 4 is 23.2 Å². The van der Waals surface area contributed by atoms with Crippen molar-refractivity contribution in [2.24, 2.45) is 17.4 Å². The van der Waals surface area contributed by atoms with E-state index in [4.69, 9.17) is 11.5 Å². The topological polar surface area (TPSA) is 119 Å². The summed E-state index contributed by atoms with van der Waals surface area (Å²) in [6, 6.07) is 2.58. The largest absolute Gasteiger partial charge is 0.365 e. The van der Waals surface area contributed by atoms with E-state index in [-0.39, 0.29) is 29.3 Å². The molecule has 28 heavy (non-hydrogen) atoms. The molecule has 0 saturated carbocycles. The molecule has 0 bridgehead atoms. The first-order valence-electron chi connectivity index (χ1n) is 9.31. The molecule has 0 aromatic carbocycles. The molecule has 6 N–H and O–H groups in total. The molecular formula is C20H29FN6O. The van der Waals surface area contributed by atoms with Gasteiger partial charge in [-0.05, 0) is 50.8 Å². The van der Waals surface area contributed by atoms with E-state index in [2.05, 4.69) is 34.4 Å². The molecular weight excluding hydrogens is 359 g/mol. The Kier molecular flexibility index (Phi) is 6.90. The van der Waals surface area contributed by atoms with Crippen molar-refractivity contribution in [2.45, 2.75) is 53.1 Å². The molecule has 2 heterocycles. The van der Waals surface area contributed by atoms with Gasteiger partial charge in [0.25, 0.3) is 5.91 Å². The van der Waals surface area contributed by atoms with E-state index in [1.165, 1.54) is 0 Å². The number of carbonyl (C=O) groups is 1. The van der Waals surface area contributed by atoms with Crippen LogP contribution in [0.2, 0.25) is 0 Å². The zero-order valence-corrected chi connectivity index (χ0v) is 17.0. The number of halogens is 1. The molecule has 1 amide bonds. The molecule has 0 spiro atoms. The second-order valence-electron chi connectivity index (χ2n) is 7.57. The van der Waals surface area contributed by atoms with Crippen LogP contribution in [0.5, 0.6) is 0 Å². The Morgan fingerprint density at radius 2 is 1.89 bits per heavy atom. The third kappa shape index (κ3) is 5.39. The summed E-state index contributed by atoms with van der Waals surface area (Å²) >= 11 is 0. The minimum atomic E-state index is -0.775. The highest BCUT2D eigenvalue weighted by atomic mass is 19.1. The van der Waals surface area contributed by atoms with Crippen LogP contribution in [0.1, 0.15) is 48.8 Å². The molecule has 0 saturated heterocycles. The predicted octanol–water partition coefficient (Wildman–Crippen LogP) is 3.25. The lowest BCUT2D eigenvalue weighted by Gasteiger charge is -2.25. The summed E-state index contributed by atoms with van der Waals surface area (Å²) in [7, 11) is 0. The molecule has 152 valence electrons. The highest BCUT2D eigenvalue weighted by Gasteiger charge is 2.21. The highest BCUT2D eigenvalue weighted by molar-refractivity contribution is 5.98. The van der Waals surface area contributed by atoms with Crippen LogP contribution in [-0.4, -0.2) is 28.0 Å². The van der Waals surface area contributed by atoms with Gasteiger partial charge >= 0.3 is 0 Å². The first-order valence-corrected chi connectivity index (χ1v) is 9.31. The van der Waals surface area contributed by atoms with Crippen LogP contribution < -0.4 is 22.1 Å². The molecule has 0 radical (unpaired) electrons. The minimum Gasteiger partial charge on any atom is -0.365 e. The van der Waals surface area contributed by atoms with Crippen molar-refractivity contribution in [2.75, 3.05) is 10.6 Å². The molecule has 2 atom stereocenters. The Morgan fingerprint density at radius 3 is 2.43 bits per heavy atom. The zero-order chi connectivity index (χ0) is 21.0. The van der Waals surface area contributed by atoms with Crippen molar-refractivity contribution in [3.63, 3.8) is 0 Å². The number of nitrogens with zero attached hydrogens (tertiary/aromatic N) is 2. The van der Waals surface area contributed by atoms with Crippen LogP contribution in [0.4, 0.5) is 21.7 Å². The SMILES string of the molecule is Cc1cc(Nc2nc(N[C@H](CC(C)C)[C@H](C)N)c(F)cc2C(N)=O)cnc1C. The maximum atomic E-state index is 14.6. The number of hydrogen-bond acceptors (Lipinski definition) is 6. The lowest BCUT2D eigenvalue weighted by molar-refractivity contribution is 0.100. The summed E-state index contributed by atoms with van der Waals surface area (Å²) in [5.74, 6) is -0.882. The maximum absolute atomic E-state index is 14.6. The summed E-state index contributed by atoms with van der Waals surface area (Å²) in [4.78, 5) is 20.4. The van der Waals surface area contributed by atoms with Crippen LogP contribution >= 0.6 is 0 Å². The van der Waals surface area contributed by atoms with Gasteiger partial charge in [-0.15, -0.1) is 0 Å². The lowest BCUT2D eigenvalue weighted by Crippen LogP contribution is -2.39. The van der Waals surface area contributed by atoms with E-state index >= 15 is 0 Å². The molecule has 0 aliphatic heterocycles. The average molecular weight is 388 g/mol. The van der Waals surface area contributed by atoms with Gasteiger partial charge in [-0.2, -0.15) is 0 Å². The van der Waals surface area contributed by atoms with Gasteiger partial charge in [-0.3, -0.25) is 9.78 Å². The smallest absolute Gasteiger partial charge is 0.252 e. The molecule has 2 aromatic heterocycles. The summed E-state index contributed by atoms with van der Waals surface area (Å²) in [5, 5.41) is 6.09. The van der Waals surface area contributed by atoms with Gasteiger partial charge in [0.1, 0.15) is 5.82 Å². The number of nitrogens with one attached hydrogen (secondary N) is 2. The third-order valence-electron chi connectivity index (χ3n) is 4.53. The molecule has 0 aliphatic rings. The van der Waals surface area contributed by atoms with Gasteiger partial charge < -0.3 is 22.1 Å². The number of anilines is 3. The van der Waals surface area contributed by atoms with E-state index in [1.807, 2.05) is 26.8 Å². The van der Waals surface area contributed by atoms with E-state index in [1.54, 1.807) is 6.20 Å². The predicted molar refractivity (Wildman–Crippen MR) is 110 cm³/mol. The number of carbonyl (C=O) groups excluding carboxylic acids is 1. The fourth-order valence-electron chi connectivity index (χ4n) is 2.81. The zero-order valence-electron chi connectivity index (χ0n) is 17.0. The summed E-state index contributed by atoms with van der Waals surface area (Å²) in [6.45, 7) is 9.81. The number of aromatic nitrogens is 2. The first-order chi connectivity index (χ1) is 13.1. The Balaban J connectivity index is 2.41. The average Bonchev–Trinajstić information content (AvgIpc) is 2.59. The van der Waals surface area contributed by atoms with E-state index < -0.39 is 11.7 Å². The molecule has 8 heteroatoms. The van der Waals surface area contributed by atoms with E-state index in [0.29, 0.717) is 11.6 Å². The van der Waals surface area contributed by atoms with Crippen molar-refractivity contribution in [1.82, 2.24) is 9.97 Å². The van der Waals surface area contributed by atoms with Gasteiger partial charge in [0.15, 0.2) is 11.6 Å². The van der Waals surface area contributed by atoms with Crippen molar-refractivity contribution in [3.05, 3.63) is 41.0 Å². The van der Waals surface area contributed by atoms with Gasteiger partial charge in [0.2, 0.25) is 0 Å². The molecule has 2 aromatic rings. The number of aryl methyl sites for hydroxylation is 2. The highest BCUT2D eigenvalue weighted by Crippen LogP contribution is 2.25. The maximum Gasteiger partial charge on any atom is 0.252 e. The Bertz CT molecular complexity index is 853. The van der Waals surface area contributed by atoms with Crippen LogP contribution in [0.15, 0.2) is 18.3 Å². The number of nitrogens with two attached hydrogens (primary N) is 2. The van der Waals surface area contributed by atoms with Gasteiger partial charge in [-0.1, -0.05) is 13.8 Å². The van der Waals surface area contributed by atoms with Gasteiger partial charge in [-0.25, -0.2) is 9.37 Å². The van der Waals surface area contributed by atoms with Crippen molar-refractivity contribution in [1.29, 1.82) is 0 Å². The Labute approximate surface area is 165 Å². The molecule has 0 unspecified atom stereocenters. The number of primary amides is 1. The minimum absolute atomic E-state index is 0.0206. The van der Waals surface area contributed by atoms with Crippen molar-refractivity contribution < 1.29 is 9.18 Å². The molecule has 0 aliphatic carbocycles. The van der Waals surface area contributed by atoms with E-state index in [0.717, 1.165) is 23.7 Å². The van der Waals surface area contributed by atoms with Crippen LogP contribution in [-0.2, 0) is 0 Å². The number of rotatable bonds is 8. The first kappa shape index (κ1) is 21.6. The van der Waals surface area contributed by atoms with E-state index in [9.17, 15) is 9.18 Å². The molecule has 0 fully saturated rings. The normalized spacial score (nSPS) is 13.3. The summed E-state index contributed by atoms with van der Waals surface area (Å²) in [6.07, 6.45) is 2.37. The lowest BCUT2D eigenvalue weighted by atomic mass is 9.99. The quantitative estimate of drug-likeness (QED) is 0.551. The number of amides is 1. The summed E-state index contributed by atoms with van der Waals surface area (Å²) < 4.78 is 14.6. The second kappa shape index (κ2) is 8.97. The summed E-state index contributed by atoms with van der Waals surface area (Å²) in [5.41, 5.74) is 13.9. The fourth-order valence-corrected chi connectivity index (χ4v) is 2.81. The standard InChI is InChI=1S/C20H29FN6O/c1-10(2)6-17(12(4)22)26-20-16(21)8-15(18(23)28)19(27-20)25-14-7-11(3)13(5)24-9-14/h7-10,12,17H,6,22H2,1-5H3,(H2,23,28)(H2,25,26,27)/t12-,17+/m0/s1. The number of hydrogen-bond donors (Lipinski definition) is 4. The van der Waals surface area contributed by atoms with Crippen LogP contribution in [0.3, 0.4) is 0 Å². The van der Waals surface area contributed by atoms with Gasteiger partial charge in [0, 0.05) is 17.8 Å². The molecule has 2 rings (SSSR count). The Hall–Kier alpha value is -2.74. The van der Waals surface area contributed by atoms with Crippen LogP contribution in [0.25, 0.3) is 0 Å².